The number of rotatable bonds is 21. The number of aliphatic imine (C=N–C) groups is 1. The lowest BCUT2D eigenvalue weighted by Crippen LogP contribution is -2.31. The van der Waals surface area contributed by atoms with E-state index < -0.39 is 10.8 Å². The number of carbonyl (C=O) groups is 2. The number of fused-ring (bicyclic) bond motifs is 1. The molecule has 1 atom stereocenters. The van der Waals surface area contributed by atoms with Crippen LogP contribution in [0.15, 0.2) is 124 Å². The molecule has 0 spiro atoms. The van der Waals surface area contributed by atoms with E-state index in [2.05, 4.69) is 42.9 Å². The number of hydroxylamine groups is 2. The Morgan fingerprint density at radius 3 is 2.53 bits per heavy atom. The summed E-state index contributed by atoms with van der Waals surface area (Å²) in [7, 11) is 3.00. The fourth-order valence-electron chi connectivity index (χ4n) is 6.14. The van der Waals surface area contributed by atoms with Gasteiger partial charge in [0.15, 0.2) is 0 Å². The van der Waals surface area contributed by atoms with Crippen molar-refractivity contribution < 1.29 is 28.1 Å². The van der Waals surface area contributed by atoms with Crippen LogP contribution < -0.4 is 21.3 Å². The highest BCUT2D eigenvalue weighted by Crippen LogP contribution is 2.50. The van der Waals surface area contributed by atoms with Crippen molar-refractivity contribution in [2.75, 3.05) is 56.9 Å². The lowest BCUT2D eigenvalue weighted by Gasteiger charge is -2.28. The molecule has 2 heterocycles. The number of hydrogen-bond acceptors (Lipinski definition) is 13. The van der Waals surface area contributed by atoms with Gasteiger partial charge in [-0.25, -0.2) is 5.06 Å². The Morgan fingerprint density at radius 1 is 1.11 bits per heavy atom. The summed E-state index contributed by atoms with van der Waals surface area (Å²) in [5.41, 5.74) is 9.96. The molecule has 0 aromatic heterocycles. The third kappa shape index (κ3) is 12.1. The van der Waals surface area contributed by atoms with Crippen LogP contribution in [0.5, 0.6) is 0 Å². The van der Waals surface area contributed by atoms with Crippen molar-refractivity contribution in [1.29, 1.82) is 0 Å². The standard InChI is InChI=1S/C40H54N6O6S3/c1-7-13-29(37(47)44-28-41)18-19-40(4)33-25-32(55-51)16-17-34(33)46(21-12-23-54-50)36(40)15-10-8-9-14-35-39(2,3)31(27-43-35)24-30(38(48)45(5)52-6)26-42-20-11-22-53-49/h7-10,13-19,24-26,42,49-51H,1,11-12,20-23,27-28,41H2,2-6H3,(H,44,47)/b10-8+,14-9+,19-18-,29-13+,30-26+,31-24+,36-15+. The van der Waals surface area contributed by atoms with Gasteiger partial charge in [-0.05, 0) is 91.4 Å². The highest BCUT2D eigenvalue weighted by Gasteiger charge is 2.42. The molecule has 2 aliphatic heterocycles. The minimum atomic E-state index is -0.714. The summed E-state index contributed by atoms with van der Waals surface area (Å²) >= 11 is 2.27. The van der Waals surface area contributed by atoms with E-state index in [0.29, 0.717) is 65.6 Å². The lowest BCUT2D eigenvalue weighted by atomic mass is 9.80. The highest BCUT2D eigenvalue weighted by molar-refractivity contribution is 7.94. The number of nitrogens with two attached hydrogens (primary N) is 1. The first-order valence-electron chi connectivity index (χ1n) is 17.8. The molecule has 298 valence electrons. The number of carbonyl (C=O) groups excluding carboxylic acids is 2. The smallest absolute Gasteiger partial charge is 0.278 e. The van der Waals surface area contributed by atoms with E-state index in [0.717, 1.165) is 58.7 Å². The molecule has 15 heteroatoms. The second kappa shape index (κ2) is 22.7. The molecule has 1 unspecified atom stereocenters. The molecule has 1 aromatic rings. The van der Waals surface area contributed by atoms with Crippen LogP contribution in [0.1, 0.15) is 39.2 Å². The van der Waals surface area contributed by atoms with Gasteiger partial charge in [-0.3, -0.25) is 19.4 Å². The maximum absolute atomic E-state index is 13.1. The van der Waals surface area contributed by atoms with Crippen LogP contribution in [-0.2, 0) is 19.8 Å². The fourth-order valence-corrected chi connectivity index (χ4v) is 6.97. The average Bonchev–Trinajstić information content (AvgIpc) is 3.58. The SMILES string of the molecule is C=C/C=C(\C=C/C1(C)\C(=C/C=C/C=C/C2=NC/C(=C\C(=C/NCCCSO)C(=O)N(C)OC)C2(C)C)N(CCCSO)c2ccc(SO)cc21)C(=O)NCN. The number of hydrogen-bond donors (Lipinski definition) is 6. The molecule has 7 N–H and O–H groups in total. The number of benzene rings is 1. The maximum Gasteiger partial charge on any atom is 0.278 e. The first kappa shape index (κ1) is 45.6. The van der Waals surface area contributed by atoms with Gasteiger partial charge in [0.1, 0.15) is 0 Å². The summed E-state index contributed by atoms with van der Waals surface area (Å²) < 4.78 is 28.4. The summed E-state index contributed by atoms with van der Waals surface area (Å²) in [6.45, 7) is 11.6. The zero-order valence-corrected chi connectivity index (χ0v) is 34.6. The van der Waals surface area contributed by atoms with Crippen LogP contribution in [0.3, 0.4) is 0 Å². The second-order valence-electron chi connectivity index (χ2n) is 13.2. The summed E-state index contributed by atoms with van der Waals surface area (Å²) in [4.78, 5) is 38.8. The molecule has 0 aliphatic carbocycles. The number of anilines is 1. The van der Waals surface area contributed by atoms with E-state index in [9.17, 15) is 18.7 Å². The van der Waals surface area contributed by atoms with Crippen LogP contribution in [0.2, 0.25) is 0 Å². The van der Waals surface area contributed by atoms with Crippen molar-refractivity contribution in [3.05, 3.63) is 120 Å². The normalized spacial score (nSPS) is 19.9. The molecule has 12 nitrogen and oxygen atoms in total. The zero-order valence-electron chi connectivity index (χ0n) is 32.2. The van der Waals surface area contributed by atoms with E-state index in [1.807, 2.05) is 60.7 Å². The quantitative estimate of drug-likeness (QED) is 0.0186. The predicted molar refractivity (Wildman–Crippen MR) is 230 cm³/mol. The third-order valence-electron chi connectivity index (χ3n) is 9.33. The summed E-state index contributed by atoms with van der Waals surface area (Å²) in [5.74, 6) is 0.526. The predicted octanol–water partition coefficient (Wildman–Crippen LogP) is 7.12. The van der Waals surface area contributed by atoms with E-state index >= 15 is 0 Å². The average molecular weight is 811 g/mol. The Hall–Kier alpha value is -3.80. The van der Waals surface area contributed by atoms with Crippen LogP contribution in [-0.4, -0.2) is 88.2 Å². The van der Waals surface area contributed by atoms with Crippen molar-refractivity contribution in [1.82, 2.24) is 15.7 Å². The zero-order chi connectivity index (χ0) is 40.4. The Labute approximate surface area is 338 Å². The van der Waals surface area contributed by atoms with Crippen molar-refractivity contribution >= 4 is 59.3 Å². The van der Waals surface area contributed by atoms with Gasteiger partial charge in [-0.2, -0.15) is 0 Å². The van der Waals surface area contributed by atoms with Crippen LogP contribution in [0.4, 0.5) is 5.69 Å². The molecular formula is C40H54N6O6S3. The number of amides is 2. The first-order chi connectivity index (χ1) is 26.4. The lowest BCUT2D eigenvalue weighted by molar-refractivity contribution is -0.163. The van der Waals surface area contributed by atoms with Gasteiger partial charge >= 0.3 is 0 Å². The Balaban J connectivity index is 1.98. The summed E-state index contributed by atoms with van der Waals surface area (Å²) in [6.07, 6.45) is 21.8. The molecule has 0 fully saturated rings. The molecule has 2 aliphatic rings. The molecule has 0 saturated carbocycles. The molecule has 2 amide bonds. The number of likely N-dealkylation sites (N-methyl/N-ethyl adjacent to an activating group) is 1. The Morgan fingerprint density at radius 2 is 1.85 bits per heavy atom. The van der Waals surface area contributed by atoms with Crippen molar-refractivity contribution in [2.45, 2.75) is 43.9 Å². The van der Waals surface area contributed by atoms with Gasteiger partial charge in [0.2, 0.25) is 0 Å². The molecule has 0 bridgehead atoms. The second-order valence-corrected chi connectivity index (χ2v) is 15.2. The molecule has 55 heavy (non-hydrogen) atoms. The van der Waals surface area contributed by atoms with Crippen molar-refractivity contribution in [2.24, 2.45) is 16.1 Å². The van der Waals surface area contributed by atoms with Crippen molar-refractivity contribution in [3.8, 4) is 0 Å². The minimum Gasteiger partial charge on any atom is -0.390 e. The monoisotopic (exact) mass is 810 g/mol. The number of nitrogens with zero attached hydrogens (tertiary/aromatic N) is 3. The van der Waals surface area contributed by atoms with Crippen LogP contribution in [0.25, 0.3) is 0 Å². The summed E-state index contributed by atoms with van der Waals surface area (Å²) in [6, 6.07) is 5.81. The molecule has 0 saturated heterocycles. The third-order valence-corrected chi connectivity index (χ3v) is 10.7. The van der Waals surface area contributed by atoms with E-state index in [1.165, 1.54) is 12.2 Å². The Kier molecular flexibility index (Phi) is 18.8. The van der Waals surface area contributed by atoms with Gasteiger partial charge in [0.25, 0.3) is 11.8 Å². The first-order valence-corrected chi connectivity index (χ1v) is 20.4. The van der Waals surface area contributed by atoms with Crippen LogP contribution >= 0.6 is 36.1 Å². The number of allylic oxidation sites excluding steroid dienone is 8. The van der Waals surface area contributed by atoms with Gasteiger partial charge in [0, 0.05) is 82.9 Å². The van der Waals surface area contributed by atoms with Gasteiger partial charge < -0.3 is 34.9 Å². The molecule has 3 rings (SSSR count). The van der Waals surface area contributed by atoms with E-state index in [4.69, 9.17) is 20.1 Å². The summed E-state index contributed by atoms with van der Waals surface area (Å²) in [5, 5.41) is 6.98. The van der Waals surface area contributed by atoms with Gasteiger partial charge in [-0.15, -0.1) is 0 Å². The van der Waals surface area contributed by atoms with Crippen LogP contribution in [0, 0.1) is 5.41 Å². The minimum absolute atomic E-state index is 0.00690. The fraction of sp³-hybridized carbons (Fsp3) is 0.375. The maximum atomic E-state index is 13.1. The topological polar surface area (TPSA) is 173 Å². The van der Waals surface area contributed by atoms with Gasteiger partial charge in [-0.1, -0.05) is 63.0 Å². The largest absolute Gasteiger partial charge is 0.390 e. The van der Waals surface area contributed by atoms with E-state index in [-0.39, 0.29) is 18.5 Å². The highest BCUT2D eigenvalue weighted by atomic mass is 32.2. The van der Waals surface area contributed by atoms with Gasteiger partial charge in [0.05, 0.1) is 31.3 Å². The number of nitrogens with one attached hydrogen (secondary N) is 2. The molecule has 1 aromatic carbocycles. The molecular weight excluding hydrogens is 757 g/mol. The van der Waals surface area contributed by atoms with E-state index in [1.54, 1.807) is 31.5 Å². The van der Waals surface area contributed by atoms with Crippen molar-refractivity contribution in [3.63, 3.8) is 0 Å². The molecule has 0 radical (unpaired) electrons. The Bertz CT molecular complexity index is 1770.